The minimum Gasteiger partial charge on any atom is -0.379 e. The summed E-state index contributed by atoms with van der Waals surface area (Å²) in [6, 6.07) is 0. The third kappa shape index (κ3) is 8.23. The summed E-state index contributed by atoms with van der Waals surface area (Å²) in [5.74, 6) is 0. The molecule has 0 radical (unpaired) electrons. The van der Waals surface area contributed by atoms with E-state index in [2.05, 4.69) is 9.22 Å². The number of hydrogen-bond donors (Lipinski definition) is 0. The van der Waals surface area contributed by atoms with E-state index in [4.69, 9.17) is 4.74 Å². The average molecular weight is 152 g/mol. The van der Waals surface area contributed by atoms with Gasteiger partial charge < -0.3 is 4.74 Å². The Balaban J connectivity index is 2.60. The maximum Gasteiger partial charge on any atom is 0.107 e. The molecule has 0 aliphatic heterocycles. The summed E-state index contributed by atoms with van der Waals surface area (Å²) in [4.78, 5) is 4.62. The van der Waals surface area contributed by atoms with Crippen LogP contribution in [0.1, 0.15) is 6.92 Å². The molecule has 0 aromatic carbocycles. The molecule has 0 fully saturated rings. The van der Waals surface area contributed by atoms with Crippen molar-refractivity contribution in [1.82, 2.24) is 0 Å². The van der Waals surface area contributed by atoms with Crippen molar-refractivity contribution in [3.8, 4) is 0 Å². The lowest BCUT2D eigenvalue weighted by Gasteiger charge is -1.99. The van der Waals surface area contributed by atoms with Crippen molar-refractivity contribution in [2.45, 2.75) is 6.92 Å². The molecule has 0 spiro atoms. The topological polar surface area (TPSA) is 27.7 Å². The standard InChI is InChI=1S/C5H12O3S/c1-3-6-4-5-7-8-9-2/h3-5H2,1-2H3. The molecular formula is C5H12O3S. The van der Waals surface area contributed by atoms with Crippen molar-refractivity contribution in [1.29, 1.82) is 0 Å². The smallest absolute Gasteiger partial charge is 0.107 e. The predicted molar refractivity (Wildman–Crippen MR) is 37.0 cm³/mol. The van der Waals surface area contributed by atoms with Gasteiger partial charge in [0.2, 0.25) is 0 Å². The van der Waals surface area contributed by atoms with Gasteiger partial charge in [-0.1, -0.05) is 0 Å². The zero-order valence-electron chi connectivity index (χ0n) is 5.75. The Bertz CT molecular complexity index is 45.5. The largest absolute Gasteiger partial charge is 0.379 e. The molecule has 0 saturated carbocycles. The summed E-state index contributed by atoms with van der Waals surface area (Å²) in [5.41, 5.74) is 0. The van der Waals surface area contributed by atoms with Crippen molar-refractivity contribution < 1.29 is 14.0 Å². The van der Waals surface area contributed by atoms with Crippen LogP contribution in [0.4, 0.5) is 0 Å². The molecule has 9 heavy (non-hydrogen) atoms. The minimum atomic E-state index is 0.495. The van der Waals surface area contributed by atoms with Crippen LogP contribution in [0.5, 0.6) is 0 Å². The molecule has 0 aliphatic carbocycles. The third-order valence-electron chi connectivity index (χ3n) is 0.631. The van der Waals surface area contributed by atoms with Crippen LogP contribution in [-0.2, 0) is 14.0 Å². The third-order valence-corrected chi connectivity index (χ3v) is 0.864. The van der Waals surface area contributed by atoms with Crippen LogP contribution in [0.2, 0.25) is 0 Å². The van der Waals surface area contributed by atoms with Crippen molar-refractivity contribution in [3.05, 3.63) is 0 Å². The highest BCUT2D eigenvalue weighted by Crippen LogP contribution is 1.93. The predicted octanol–water partition coefficient (Wildman–Crippen LogP) is 1.25. The molecule has 0 bridgehead atoms. The zero-order chi connectivity index (χ0) is 6.95. The fourth-order valence-corrected chi connectivity index (χ4v) is 0.484. The molecule has 0 unspecified atom stereocenters. The van der Waals surface area contributed by atoms with E-state index >= 15 is 0 Å². The van der Waals surface area contributed by atoms with Gasteiger partial charge in [-0.05, 0) is 6.92 Å². The second-order valence-electron chi connectivity index (χ2n) is 1.25. The van der Waals surface area contributed by atoms with Gasteiger partial charge in [0.25, 0.3) is 0 Å². The van der Waals surface area contributed by atoms with Gasteiger partial charge in [-0.25, -0.2) is 4.89 Å². The minimum absolute atomic E-state index is 0.495. The van der Waals surface area contributed by atoms with Crippen LogP contribution in [-0.4, -0.2) is 26.1 Å². The number of ether oxygens (including phenoxy) is 1. The molecule has 56 valence electrons. The molecule has 0 aliphatic rings. The Hall–Kier alpha value is 0.230. The highest BCUT2D eigenvalue weighted by molar-refractivity contribution is 7.93. The van der Waals surface area contributed by atoms with Crippen LogP contribution in [0.25, 0.3) is 0 Å². The van der Waals surface area contributed by atoms with Gasteiger partial charge in [-0.15, -0.1) is 0 Å². The fraction of sp³-hybridized carbons (Fsp3) is 1.00. The molecule has 3 nitrogen and oxygen atoms in total. The van der Waals surface area contributed by atoms with Gasteiger partial charge in [0.15, 0.2) is 0 Å². The summed E-state index contributed by atoms with van der Waals surface area (Å²) in [7, 11) is 0. The lowest BCUT2D eigenvalue weighted by Crippen LogP contribution is -2.01. The van der Waals surface area contributed by atoms with Crippen molar-refractivity contribution >= 4 is 12.0 Å². The van der Waals surface area contributed by atoms with E-state index in [-0.39, 0.29) is 0 Å². The summed E-state index contributed by atoms with van der Waals surface area (Å²) in [6.45, 7) is 3.75. The van der Waals surface area contributed by atoms with Crippen molar-refractivity contribution in [2.75, 3.05) is 26.1 Å². The summed E-state index contributed by atoms with van der Waals surface area (Å²) in [6.07, 6.45) is 1.79. The molecule has 4 heteroatoms. The van der Waals surface area contributed by atoms with E-state index in [1.165, 1.54) is 12.0 Å². The maximum absolute atomic E-state index is 4.97. The SMILES string of the molecule is CCOCCOOSC. The highest BCUT2D eigenvalue weighted by atomic mass is 32.2. The molecule has 0 rings (SSSR count). The fourth-order valence-electron chi connectivity index (χ4n) is 0.319. The van der Waals surface area contributed by atoms with Crippen LogP contribution in [0, 0.1) is 0 Å². The lowest BCUT2D eigenvalue weighted by atomic mass is 10.8. The van der Waals surface area contributed by atoms with Crippen molar-refractivity contribution in [3.63, 3.8) is 0 Å². The van der Waals surface area contributed by atoms with E-state index in [0.29, 0.717) is 13.2 Å². The second-order valence-corrected chi connectivity index (χ2v) is 1.72. The van der Waals surface area contributed by atoms with Gasteiger partial charge in [0, 0.05) is 24.9 Å². The van der Waals surface area contributed by atoms with Gasteiger partial charge >= 0.3 is 0 Å². The zero-order valence-corrected chi connectivity index (χ0v) is 6.57. The first-order valence-electron chi connectivity index (χ1n) is 2.81. The van der Waals surface area contributed by atoms with Gasteiger partial charge in [-0.3, -0.25) is 0 Å². The lowest BCUT2D eigenvalue weighted by molar-refractivity contribution is -0.199. The summed E-state index contributed by atoms with van der Waals surface area (Å²) >= 11 is 1.18. The Morgan fingerprint density at radius 3 is 2.67 bits per heavy atom. The van der Waals surface area contributed by atoms with Gasteiger partial charge in [-0.2, -0.15) is 4.33 Å². The second kappa shape index (κ2) is 8.23. The molecule has 0 atom stereocenters. The molecule has 0 heterocycles. The summed E-state index contributed by atoms with van der Waals surface area (Å²) < 4.78 is 9.48. The Labute approximate surface area is 59.8 Å². The highest BCUT2D eigenvalue weighted by Gasteiger charge is 1.85. The van der Waals surface area contributed by atoms with E-state index in [0.717, 1.165) is 6.61 Å². The van der Waals surface area contributed by atoms with Crippen LogP contribution in [0.15, 0.2) is 0 Å². The average Bonchev–Trinajstić information content (AvgIpc) is 1.89. The molecule has 0 N–H and O–H groups in total. The number of rotatable bonds is 6. The first-order chi connectivity index (χ1) is 4.41. The Kier molecular flexibility index (Phi) is 8.44. The normalized spacial score (nSPS) is 10.0. The van der Waals surface area contributed by atoms with Gasteiger partial charge in [0.1, 0.15) is 6.61 Å². The molecule has 0 aromatic heterocycles. The molecular weight excluding hydrogens is 140 g/mol. The van der Waals surface area contributed by atoms with Crippen LogP contribution >= 0.6 is 12.0 Å². The monoisotopic (exact) mass is 152 g/mol. The molecule has 0 aromatic rings. The van der Waals surface area contributed by atoms with Crippen LogP contribution in [0.3, 0.4) is 0 Å². The first-order valence-corrected chi connectivity index (χ1v) is 3.96. The molecule has 0 amide bonds. The Morgan fingerprint density at radius 2 is 2.11 bits per heavy atom. The van der Waals surface area contributed by atoms with E-state index in [9.17, 15) is 0 Å². The quantitative estimate of drug-likeness (QED) is 0.248. The maximum atomic E-state index is 4.97. The first kappa shape index (κ1) is 9.23. The van der Waals surface area contributed by atoms with Gasteiger partial charge in [0.05, 0.1) is 6.61 Å². The van der Waals surface area contributed by atoms with E-state index < -0.39 is 0 Å². The van der Waals surface area contributed by atoms with Crippen molar-refractivity contribution in [2.24, 2.45) is 0 Å². The van der Waals surface area contributed by atoms with Crippen LogP contribution < -0.4 is 0 Å². The van der Waals surface area contributed by atoms with E-state index in [1.54, 1.807) is 6.26 Å². The summed E-state index contributed by atoms with van der Waals surface area (Å²) in [5, 5.41) is 0. The molecule has 0 saturated heterocycles. The Morgan fingerprint density at radius 1 is 1.33 bits per heavy atom. The number of hydrogen-bond acceptors (Lipinski definition) is 4. The van der Waals surface area contributed by atoms with E-state index in [1.807, 2.05) is 6.92 Å².